The van der Waals surface area contributed by atoms with E-state index in [0.29, 0.717) is 40.6 Å². The smallest absolute Gasteiger partial charge is 0.272 e. The Balaban J connectivity index is 1.23. The SMILES string of the molecule is O=C(NC1CCC(NC(=O)c2c(Cl)ccc3cccnc23)c2ccccc21)c1cc(C2CC2)[nH]n1. The Morgan fingerprint density at radius 1 is 0.886 bits per heavy atom. The summed E-state index contributed by atoms with van der Waals surface area (Å²) in [6.07, 6.45) is 5.32. The number of carbonyl (C=O) groups excluding carboxylic acids is 2. The summed E-state index contributed by atoms with van der Waals surface area (Å²) in [5, 5.41) is 14.7. The number of pyridine rings is 1. The Kier molecular flexibility index (Phi) is 5.49. The summed E-state index contributed by atoms with van der Waals surface area (Å²) in [4.78, 5) is 30.6. The van der Waals surface area contributed by atoms with E-state index in [0.717, 1.165) is 35.0 Å². The normalized spacial score (nSPS) is 19.2. The van der Waals surface area contributed by atoms with Crippen molar-refractivity contribution in [3.8, 4) is 0 Å². The average molecular weight is 486 g/mol. The molecule has 0 bridgehead atoms. The predicted molar refractivity (Wildman–Crippen MR) is 133 cm³/mol. The first-order chi connectivity index (χ1) is 17.1. The molecule has 4 aromatic rings. The van der Waals surface area contributed by atoms with Crippen LogP contribution in [0.1, 0.15) is 81.4 Å². The fraction of sp³-hybridized carbons (Fsp3) is 0.259. The number of rotatable bonds is 5. The first-order valence-electron chi connectivity index (χ1n) is 11.9. The Hall–Kier alpha value is -3.71. The van der Waals surface area contributed by atoms with Crippen LogP contribution in [0.3, 0.4) is 0 Å². The Morgan fingerprint density at radius 3 is 2.31 bits per heavy atom. The lowest BCUT2D eigenvalue weighted by atomic mass is 9.84. The monoisotopic (exact) mass is 485 g/mol. The van der Waals surface area contributed by atoms with Crippen LogP contribution in [-0.2, 0) is 0 Å². The quantitative estimate of drug-likeness (QED) is 0.360. The maximum absolute atomic E-state index is 13.3. The fourth-order valence-corrected chi connectivity index (χ4v) is 5.18. The van der Waals surface area contributed by atoms with Crippen LogP contribution in [0.5, 0.6) is 0 Å². The zero-order chi connectivity index (χ0) is 23.9. The highest BCUT2D eigenvalue weighted by atomic mass is 35.5. The minimum absolute atomic E-state index is 0.157. The highest BCUT2D eigenvalue weighted by Crippen LogP contribution is 2.39. The minimum atomic E-state index is -0.259. The van der Waals surface area contributed by atoms with Gasteiger partial charge in [-0.2, -0.15) is 5.10 Å². The molecule has 7 nitrogen and oxygen atoms in total. The van der Waals surface area contributed by atoms with Gasteiger partial charge in [-0.25, -0.2) is 0 Å². The van der Waals surface area contributed by atoms with Crippen LogP contribution < -0.4 is 10.6 Å². The van der Waals surface area contributed by atoms with E-state index in [2.05, 4.69) is 25.8 Å². The third-order valence-corrected chi connectivity index (χ3v) is 7.21. The summed E-state index contributed by atoms with van der Waals surface area (Å²) in [6.45, 7) is 0. The van der Waals surface area contributed by atoms with Gasteiger partial charge in [0.05, 0.1) is 28.2 Å². The standard InChI is InChI=1S/C27H24ClN5O2/c28-19-10-9-16-4-3-13-29-25(16)24(19)27(35)31-21-12-11-20(17-5-1-2-6-18(17)21)30-26(34)23-14-22(32-33-23)15-7-8-15/h1-6,9-10,13-15,20-21H,7-8,11-12H2,(H,30,34)(H,31,35)(H,32,33). The van der Waals surface area contributed by atoms with Crippen LogP contribution in [0.15, 0.2) is 60.8 Å². The topological polar surface area (TPSA) is 99.8 Å². The molecule has 1 saturated carbocycles. The second kappa shape index (κ2) is 8.82. The van der Waals surface area contributed by atoms with Crippen molar-refractivity contribution in [2.24, 2.45) is 0 Å². The van der Waals surface area contributed by atoms with Crippen molar-refractivity contribution in [2.75, 3.05) is 0 Å². The molecule has 0 radical (unpaired) electrons. The van der Waals surface area contributed by atoms with E-state index in [1.165, 1.54) is 0 Å². The molecule has 1 fully saturated rings. The number of aromatic nitrogens is 3. The first-order valence-corrected chi connectivity index (χ1v) is 12.3. The second-order valence-corrected chi connectivity index (χ2v) is 9.65. The van der Waals surface area contributed by atoms with Gasteiger partial charge in [-0.15, -0.1) is 0 Å². The lowest BCUT2D eigenvalue weighted by Gasteiger charge is -2.32. The molecule has 176 valence electrons. The summed E-state index contributed by atoms with van der Waals surface area (Å²) in [5.41, 5.74) is 4.39. The van der Waals surface area contributed by atoms with E-state index < -0.39 is 0 Å². The average Bonchev–Trinajstić information content (AvgIpc) is 3.61. The van der Waals surface area contributed by atoms with Crippen molar-refractivity contribution < 1.29 is 9.59 Å². The van der Waals surface area contributed by atoms with Crippen molar-refractivity contribution >= 4 is 34.3 Å². The second-order valence-electron chi connectivity index (χ2n) is 9.24. The predicted octanol–water partition coefficient (Wildman–Crippen LogP) is 5.22. The number of H-pyrrole nitrogens is 1. The number of amides is 2. The first kappa shape index (κ1) is 21.8. The number of nitrogens with one attached hydrogen (secondary N) is 3. The molecule has 2 aliphatic carbocycles. The summed E-state index contributed by atoms with van der Waals surface area (Å²) in [6, 6.07) is 16.7. The molecule has 35 heavy (non-hydrogen) atoms. The number of carbonyl (C=O) groups is 2. The molecule has 0 aliphatic heterocycles. The number of hydrogen-bond donors (Lipinski definition) is 3. The van der Waals surface area contributed by atoms with Gasteiger partial charge in [0, 0.05) is 23.2 Å². The zero-order valence-electron chi connectivity index (χ0n) is 18.9. The number of nitrogens with zero attached hydrogens (tertiary/aromatic N) is 2. The van der Waals surface area contributed by atoms with Gasteiger partial charge in [-0.1, -0.05) is 48.0 Å². The van der Waals surface area contributed by atoms with Gasteiger partial charge < -0.3 is 10.6 Å². The van der Waals surface area contributed by atoms with Gasteiger partial charge in [0.1, 0.15) is 5.69 Å². The molecule has 2 aromatic heterocycles. The summed E-state index contributed by atoms with van der Waals surface area (Å²) in [5.74, 6) is 0.0593. The van der Waals surface area contributed by atoms with Gasteiger partial charge >= 0.3 is 0 Å². The summed E-state index contributed by atoms with van der Waals surface area (Å²) < 4.78 is 0. The zero-order valence-corrected chi connectivity index (χ0v) is 19.7. The number of aromatic amines is 1. The fourth-order valence-electron chi connectivity index (χ4n) is 4.95. The van der Waals surface area contributed by atoms with E-state index >= 15 is 0 Å². The van der Waals surface area contributed by atoms with Crippen molar-refractivity contribution in [3.05, 3.63) is 93.9 Å². The lowest BCUT2D eigenvalue weighted by Crippen LogP contribution is -2.37. The molecule has 2 atom stereocenters. The van der Waals surface area contributed by atoms with Gasteiger partial charge in [-0.3, -0.25) is 19.7 Å². The van der Waals surface area contributed by atoms with Crippen molar-refractivity contribution in [2.45, 2.75) is 43.7 Å². The lowest BCUT2D eigenvalue weighted by molar-refractivity contribution is 0.0905. The van der Waals surface area contributed by atoms with E-state index in [1.807, 2.05) is 48.5 Å². The van der Waals surface area contributed by atoms with Crippen LogP contribution in [0.2, 0.25) is 5.02 Å². The molecular weight excluding hydrogens is 462 g/mol. The summed E-state index contributed by atoms with van der Waals surface area (Å²) >= 11 is 6.42. The molecule has 2 heterocycles. The molecule has 0 spiro atoms. The molecule has 3 N–H and O–H groups in total. The molecule has 8 heteroatoms. The van der Waals surface area contributed by atoms with Crippen LogP contribution in [0, 0.1) is 0 Å². The number of benzene rings is 2. The third-order valence-electron chi connectivity index (χ3n) is 6.90. The molecule has 6 rings (SSSR count). The Labute approximate surface area is 207 Å². The van der Waals surface area contributed by atoms with E-state index in [-0.39, 0.29) is 23.9 Å². The van der Waals surface area contributed by atoms with Crippen molar-refractivity contribution in [3.63, 3.8) is 0 Å². The molecule has 2 unspecified atom stereocenters. The van der Waals surface area contributed by atoms with Crippen LogP contribution in [0.4, 0.5) is 0 Å². The molecule has 0 saturated heterocycles. The highest BCUT2D eigenvalue weighted by molar-refractivity contribution is 6.35. The van der Waals surface area contributed by atoms with E-state index in [4.69, 9.17) is 11.6 Å². The van der Waals surface area contributed by atoms with E-state index in [9.17, 15) is 9.59 Å². The number of halogens is 1. The Morgan fingerprint density at radius 2 is 1.60 bits per heavy atom. The van der Waals surface area contributed by atoms with Gasteiger partial charge in [-0.05, 0) is 55.0 Å². The molecular formula is C27H24ClN5O2. The number of fused-ring (bicyclic) bond motifs is 2. The van der Waals surface area contributed by atoms with Crippen molar-refractivity contribution in [1.29, 1.82) is 0 Å². The Bertz CT molecular complexity index is 1440. The molecule has 2 aromatic carbocycles. The van der Waals surface area contributed by atoms with Gasteiger partial charge in [0.2, 0.25) is 0 Å². The van der Waals surface area contributed by atoms with Gasteiger partial charge in [0.25, 0.3) is 11.8 Å². The molecule has 2 aliphatic rings. The maximum atomic E-state index is 13.3. The summed E-state index contributed by atoms with van der Waals surface area (Å²) in [7, 11) is 0. The highest BCUT2D eigenvalue weighted by Gasteiger charge is 2.31. The van der Waals surface area contributed by atoms with Crippen LogP contribution in [-0.4, -0.2) is 27.0 Å². The maximum Gasteiger partial charge on any atom is 0.272 e. The van der Waals surface area contributed by atoms with Crippen LogP contribution >= 0.6 is 11.6 Å². The van der Waals surface area contributed by atoms with E-state index in [1.54, 1.807) is 12.3 Å². The van der Waals surface area contributed by atoms with Crippen molar-refractivity contribution in [1.82, 2.24) is 25.8 Å². The van der Waals surface area contributed by atoms with Gasteiger partial charge in [0.15, 0.2) is 0 Å². The van der Waals surface area contributed by atoms with Crippen LogP contribution in [0.25, 0.3) is 10.9 Å². The molecule has 2 amide bonds. The third kappa shape index (κ3) is 4.17. The minimum Gasteiger partial charge on any atom is -0.345 e. The largest absolute Gasteiger partial charge is 0.345 e. The number of hydrogen-bond acceptors (Lipinski definition) is 4.